The van der Waals surface area contributed by atoms with Gasteiger partial charge < -0.3 is 9.73 Å². The minimum absolute atomic E-state index is 0.0183. The zero-order valence-corrected chi connectivity index (χ0v) is 13.3. The average Bonchev–Trinajstić information content (AvgIpc) is 3.06. The van der Waals surface area contributed by atoms with Gasteiger partial charge in [-0.15, -0.1) is 10.2 Å². The quantitative estimate of drug-likeness (QED) is 0.769. The number of benzene rings is 2. The Bertz CT molecular complexity index is 832. The Labute approximate surface area is 142 Å². The predicted octanol–water partition coefficient (Wildman–Crippen LogP) is 3.38. The number of amides is 1. The highest BCUT2D eigenvalue weighted by Crippen LogP contribution is 2.21. The molecule has 5 nitrogen and oxygen atoms in total. The molecule has 2 aromatic carbocycles. The van der Waals surface area contributed by atoms with E-state index in [1.54, 1.807) is 6.07 Å². The number of carbonyl (C=O) groups excluding carboxylic acids is 1. The Hall–Kier alpha value is -2.73. The SMILES string of the molecule is O=C(NCc1ccccc1)c1nnc(Cc2c(F)cccc2Cl)o1. The number of rotatable bonds is 5. The van der Waals surface area contributed by atoms with Gasteiger partial charge >= 0.3 is 11.8 Å². The van der Waals surface area contributed by atoms with Gasteiger partial charge in [-0.05, 0) is 17.7 Å². The summed E-state index contributed by atoms with van der Waals surface area (Å²) < 4.78 is 19.0. The van der Waals surface area contributed by atoms with Gasteiger partial charge in [0.15, 0.2) is 0 Å². The van der Waals surface area contributed by atoms with Crippen molar-refractivity contribution in [3.05, 3.63) is 82.3 Å². The molecule has 0 unspecified atom stereocenters. The summed E-state index contributed by atoms with van der Waals surface area (Å²) in [5, 5.41) is 10.4. The molecule has 0 spiro atoms. The van der Waals surface area contributed by atoms with E-state index >= 15 is 0 Å². The molecule has 0 bridgehead atoms. The number of halogens is 2. The van der Waals surface area contributed by atoms with Gasteiger partial charge in [0.2, 0.25) is 5.89 Å². The smallest absolute Gasteiger partial charge is 0.309 e. The third kappa shape index (κ3) is 3.78. The van der Waals surface area contributed by atoms with E-state index in [0.717, 1.165) is 5.56 Å². The van der Waals surface area contributed by atoms with Crippen molar-refractivity contribution < 1.29 is 13.6 Å². The molecule has 0 radical (unpaired) electrons. The molecule has 1 aromatic heterocycles. The standard InChI is InChI=1S/C17H13ClFN3O2/c18-13-7-4-8-14(19)12(13)9-15-21-22-17(24-15)16(23)20-10-11-5-2-1-3-6-11/h1-8H,9-10H2,(H,20,23). The average molecular weight is 346 g/mol. The Morgan fingerprint density at radius 3 is 2.67 bits per heavy atom. The Morgan fingerprint density at radius 2 is 1.92 bits per heavy atom. The fourth-order valence-electron chi connectivity index (χ4n) is 2.12. The zero-order valence-electron chi connectivity index (χ0n) is 12.5. The molecule has 0 atom stereocenters. The van der Waals surface area contributed by atoms with Crippen LogP contribution in [0.25, 0.3) is 0 Å². The minimum atomic E-state index is -0.489. The molecule has 7 heteroatoms. The van der Waals surface area contributed by atoms with Crippen molar-refractivity contribution in [2.45, 2.75) is 13.0 Å². The lowest BCUT2D eigenvalue weighted by Crippen LogP contribution is -2.23. The van der Waals surface area contributed by atoms with Gasteiger partial charge in [-0.2, -0.15) is 0 Å². The summed E-state index contributed by atoms with van der Waals surface area (Å²) in [6.45, 7) is 0.344. The van der Waals surface area contributed by atoms with Crippen LogP contribution in [0.4, 0.5) is 4.39 Å². The first-order valence-electron chi connectivity index (χ1n) is 7.21. The highest BCUT2D eigenvalue weighted by Gasteiger charge is 2.17. The fraction of sp³-hybridized carbons (Fsp3) is 0.118. The molecule has 1 heterocycles. The van der Waals surface area contributed by atoms with Crippen LogP contribution >= 0.6 is 11.6 Å². The third-order valence-electron chi connectivity index (χ3n) is 3.35. The third-order valence-corrected chi connectivity index (χ3v) is 3.70. The lowest BCUT2D eigenvalue weighted by molar-refractivity contribution is 0.0914. The first kappa shape index (κ1) is 16.1. The maximum Gasteiger partial charge on any atom is 0.309 e. The van der Waals surface area contributed by atoms with Crippen LogP contribution in [0.5, 0.6) is 0 Å². The molecule has 24 heavy (non-hydrogen) atoms. The number of hydrogen-bond acceptors (Lipinski definition) is 4. The van der Waals surface area contributed by atoms with E-state index in [0.29, 0.717) is 6.54 Å². The van der Waals surface area contributed by atoms with Crippen LogP contribution in [0.3, 0.4) is 0 Å². The van der Waals surface area contributed by atoms with Crippen molar-refractivity contribution in [2.75, 3.05) is 0 Å². The van der Waals surface area contributed by atoms with Crippen molar-refractivity contribution in [1.82, 2.24) is 15.5 Å². The van der Waals surface area contributed by atoms with Crippen LogP contribution in [-0.4, -0.2) is 16.1 Å². The van der Waals surface area contributed by atoms with Crippen LogP contribution in [0.1, 0.15) is 27.7 Å². The van der Waals surface area contributed by atoms with Crippen molar-refractivity contribution in [1.29, 1.82) is 0 Å². The molecule has 0 aliphatic heterocycles. The van der Waals surface area contributed by atoms with E-state index in [2.05, 4.69) is 15.5 Å². The maximum absolute atomic E-state index is 13.8. The highest BCUT2D eigenvalue weighted by atomic mass is 35.5. The van der Waals surface area contributed by atoms with Gasteiger partial charge in [0.25, 0.3) is 0 Å². The number of hydrogen-bond donors (Lipinski definition) is 1. The molecule has 0 aliphatic rings. The normalized spacial score (nSPS) is 10.6. The summed E-state index contributed by atoms with van der Waals surface area (Å²) >= 11 is 5.96. The second-order valence-electron chi connectivity index (χ2n) is 5.05. The summed E-state index contributed by atoms with van der Waals surface area (Å²) in [6.07, 6.45) is 0.0183. The molecular formula is C17H13ClFN3O2. The Morgan fingerprint density at radius 1 is 1.12 bits per heavy atom. The number of nitrogens with one attached hydrogen (secondary N) is 1. The maximum atomic E-state index is 13.8. The van der Waals surface area contributed by atoms with Crippen molar-refractivity contribution in [3.63, 3.8) is 0 Å². The van der Waals surface area contributed by atoms with Crippen molar-refractivity contribution >= 4 is 17.5 Å². The van der Waals surface area contributed by atoms with E-state index in [4.69, 9.17) is 16.0 Å². The highest BCUT2D eigenvalue weighted by molar-refractivity contribution is 6.31. The molecule has 0 aliphatic carbocycles. The zero-order chi connectivity index (χ0) is 16.9. The van der Waals surface area contributed by atoms with Crippen LogP contribution in [0.2, 0.25) is 5.02 Å². The second-order valence-corrected chi connectivity index (χ2v) is 5.45. The predicted molar refractivity (Wildman–Crippen MR) is 86.1 cm³/mol. The summed E-state index contributed by atoms with van der Waals surface area (Å²) in [5.74, 6) is -1.01. The largest absolute Gasteiger partial charge is 0.417 e. The molecule has 3 aromatic rings. The van der Waals surface area contributed by atoms with Crippen LogP contribution in [-0.2, 0) is 13.0 Å². The summed E-state index contributed by atoms with van der Waals surface area (Å²) in [6, 6.07) is 13.8. The molecule has 0 fully saturated rings. The van der Waals surface area contributed by atoms with Crippen molar-refractivity contribution in [3.8, 4) is 0 Å². The molecule has 122 valence electrons. The lowest BCUT2D eigenvalue weighted by Gasteiger charge is -2.03. The lowest BCUT2D eigenvalue weighted by atomic mass is 10.1. The summed E-state index contributed by atoms with van der Waals surface area (Å²) in [5.41, 5.74) is 1.20. The molecule has 3 rings (SSSR count). The Balaban J connectivity index is 1.66. The topological polar surface area (TPSA) is 68.0 Å². The van der Waals surface area contributed by atoms with E-state index < -0.39 is 11.7 Å². The van der Waals surface area contributed by atoms with E-state index in [1.807, 2.05) is 30.3 Å². The van der Waals surface area contributed by atoms with E-state index in [9.17, 15) is 9.18 Å². The molecule has 1 amide bonds. The molecular weight excluding hydrogens is 333 g/mol. The van der Waals surface area contributed by atoms with Gasteiger partial charge in [-0.25, -0.2) is 4.39 Å². The summed E-state index contributed by atoms with van der Waals surface area (Å²) in [7, 11) is 0. The van der Waals surface area contributed by atoms with Crippen LogP contribution in [0, 0.1) is 5.82 Å². The minimum Gasteiger partial charge on any atom is -0.417 e. The Kier molecular flexibility index (Phi) is 4.86. The van der Waals surface area contributed by atoms with Gasteiger partial charge in [-0.1, -0.05) is 48.0 Å². The number of aromatic nitrogens is 2. The number of nitrogens with zero attached hydrogens (tertiary/aromatic N) is 2. The van der Waals surface area contributed by atoms with Gasteiger partial charge in [-0.3, -0.25) is 4.79 Å². The van der Waals surface area contributed by atoms with E-state index in [1.165, 1.54) is 12.1 Å². The molecule has 0 saturated heterocycles. The summed E-state index contributed by atoms with van der Waals surface area (Å²) in [4.78, 5) is 12.0. The van der Waals surface area contributed by atoms with Crippen LogP contribution in [0.15, 0.2) is 52.9 Å². The monoisotopic (exact) mass is 345 g/mol. The van der Waals surface area contributed by atoms with Crippen LogP contribution < -0.4 is 5.32 Å². The first-order chi connectivity index (χ1) is 11.6. The van der Waals surface area contributed by atoms with E-state index in [-0.39, 0.29) is 28.8 Å². The molecule has 0 saturated carbocycles. The van der Waals surface area contributed by atoms with Crippen molar-refractivity contribution in [2.24, 2.45) is 0 Å². The van der Waals surface area contributed by atoms with Gasteiger partial charge in [0.1, 0.15) is 5.82 Å². The first-order valence-corrected chi connectivity index (χ1v) is 7.58. The van der Waals surface area contributed by atoms with Gasteiger partial charge in [0.05, 0.1) is 6.42 Å². The fourth-order valence-corrected chi connectivity index (χ4v) is 2.35. The van der Waals surface area contributed by atoms with Gasteiger partial charge in [0, 0.05) is 17.1 Å². The second kappa shape index (κ2) is 7.23. The number of carbonyl (C=O) groups is 1. The molecule has 1 N–H and O–H groups in total.